The third-order valence-electron chi connectivity index (χ3n) is 3.20. The summed E-state index contributed by atoms with van der Waals surface area (Å²) in [5.41, 5.74) is 7.77. The number of nitrogen functional groups attached to an aromatic ring is 1. The lowest BCUT2D eigenvalue weighted by Crippen LogP contribution is -2.00. The molecular formula is C15H12ClF2N5. The van der Waals surface area contributed by atoms with Crippen molar-refractivity contribution >= 4 is 17.5 Å². The number of nitrogens with zero attached hydrogens (tertiary/aromatic N) is 4. The smallest absolute Gasteiger partial charge is 0.333 e. The highest BCUT2D eigenvalue weighted by Crippen LogP contribution is 2.27. The van der Waals surface area contributed by atoms with Crippen LogP contribution < -0.4 is 5.73 Å². The molecule has 0 bridgehead atoms. The lowest BCUT2D eigenvalue weighted by atomic mass is 10.0. The van der Waals surface area contributed by atoms with Crippen LogP contribution in [0.1, 0.15) is 17.7 Å². The van der Waals surface area contributed by atoms with E-state index in [1.54, 1.807) is 0 Å². The maximum Gasteiger partial charge on any atom is 0.333 e. The van der Waals surface area contributed by atoms with E-state index in [1.807, 2.05) is 30.3 Å². The van der Waals surface area contributed by atoms with E-state index in [0.29, 0.717) is 28.1 Å². The Kier molecular flexibility index (Phi) is 4.20. The zero-order valence-corrected chi connectivity index (χ0v) is 12.6. The number of rotatable bonds is 4. The predicted molar refractivity (Wildman–Crippen MR) is 83.2 cm³/mol. The number of hydrogen-bond acceptors (Lipinski definition) is 4. The van der Waals surface area contributed by atoms with Gasteiger partial charge >= 0.3 is 6.55 Å². The van der Waals surface area contributed by atoms with Crippen LogP contribution in [0.25, 0.3) is 11.4 Å². The van der Waals surface area contributed by atoms with Crippen LogP contribution in [0.3, 0.4) is 0 Å². The number of nitrogens with two attached hydrogens (primary N) is 1. The molecule has 0 saturated heterocycles. The quantitative estimate of drug-likeness (QED) is 0.740. The van der Waals surface area contributed by atoms with Crippen LogP contribution in [0, 0.1) is 0 Å². The van der Waals surface area contributed by atoms with Crippen molar-refractivity contribution in [3.63, 3.8) is 0 Å². The highest BCUT2D eigenvalue weighted by atomic mass is 35.5. The monoisotopic (exact) mass is 335 g/mol. The number of halogens is 3. The van der Waals surface area contributed by atoms with Crippen molar-refractivity contribution in [1.82, 2.24) is 19.7 Å². The van der Waals surface area contributed by atoms with Crippen LogP contribution in [0.15, 0.2) is 42.6 Å². The molecule has 0 aliphatic heterocycles. The van der Waals surface area contributed by atoms with Gasteiger partial charge in [0.2, 0.25) is 5.95 Å². The highest BCUT2D eigenvalue weighted by molar-refractivity contribution is 6.29. The first-order valence-electron chi connectivity index (χ1n) is 6.73. The lowest BCUT2D eigenvalue weighted by molar-refractivity contribution is 0.0567. The van der Waals surface area contributed by atoms with Gasteiger partial charge in [0.25, 0.3) is 0 Å². The molecule has 5 nitrogen and oxygen atoms in total. The van der Waals surface area contributed by atoms with Gasteiger partial charge in [-0.05, 0) is 5.56 Å². The Labute approximate surface area is 135 Å². The second-order valence-corrected chi connectivity index (χ2v) is 5.24. The van der Waals surface area contributed by atoms with Crippen molar-refractivity contribution in [3.05, 3.63) is 58.9 Å². The third kappa shape index (κ3) is 3.45. The molecule has 2 heterocycles. The molecule has 1 aromatic carbocycles. The van der Waals surface area contributed by atoms with Gasteiger partial charge < -0.3 is 5.73 Å². The van der Waals surface area contributed by atoms with Gasteiger partial charge in [0, 0.05) is 24.2 Å². The van der Waals surface area contributed by atoms with E-state index in [-0.39, 0.29) is 11.1 Å². The first-order chi connectivity index (χ1) is 11.0. The summed E-state index contributed by atoms with van der Waals surface area (Å²) in [6.45, 7) is -2.74. The van der Waals surface area contributed by atoms with Gasteiger partial charge in [-0.2, -0.15) is 13.9 Å². The zero-order chi connectivity index (χ0) is 16.4. The summed E-state index contributed by atoms with van der Waals surface area (Å²) in [4.78, 5) is 7.81. The van der Waals surface area contributed by atoms with E-state index in [9.17, 15) is 8.78 Å². The Bertz CT molecular complexity index is 800. The van der Waals surface area contributed by atoms with E-state index in [4.69, 9.17) is 17.3 Å². The minimum Gasteiger partial charge on any atom is -0.368 e. The molecule has 0 aliphatic carbocycles. The minimum atomic E-state index is -2.74. The summed E-state index contributed by atoms with van der Waals surface area (Å²) < 4.78 is 26.6. The van der Waals surface area contributed by atoms with Crippen LogP contribution in [0.2, 0.25) is 5.15 Å². The molecule has 0 saturated carbocycles. The molecule has 23 heavy (non-hydrogen) atoms. The molecule has 2 N–H and O–H groups in total. The van der Waals surface area contributed by atoms with Gasteiger partial charge in [0.1, 0.15) is 10.8 Å². The lowest BCUT2D eigenvalue weighted by Gasteiger charge is -2.03. The molecule has 118 valence electrons. The maximum atomic E-state index is 13.0. The summed E-state index contributed by atoms with van der Waals surface area (Å²) in [5.74, 6) is -0.0373. The molecule has 8 heteroatoms. The largest absolute Gasteiger partial charge is 0.368 e. The van der Waals surface area contributed by atoms with Crippen LogP contribution in [0.5, 0.6) is 0 Å². The fraction of sp³-hybridized carbons (Fsp3) is 0.133. The Hall–Kier alpha value is -2.54. The average Bonchev–Trinajstić information content (AvgIpc) is 2.91. The first kappa shape index (κ1) is 15.4. The molecule has 2 aromatic heterocycles. The zero-order valence-electron chi connectivity index (χ0n) is 11.8. The van der Waals surface area contributed by atoms with Crippen molar-refractivity contribution in [3.8, 4) is 11.4 Å². The fourth-order valence-electron chi connectivity index (χ4n) is 2.25. The average molecular weight is 336 g/mol. The van der Waals surface area contributed by atoms with Gasteiger partial charge in [-0.25, -0.2) is 14.6 Å². The number of alkyl halides is 2. The van der Waals surface area contributed by atoms with Crippen LogP contribution >= 0.6 is 11.6 Å². The SMILES string of the molecule is Nc1nc(Cl)cc(-c2nn(C(F)F)cc2Cc2ccccc2)n1. The van der Waals surface area contributed by atoms with Gasteiger partial charge in [-0.3, -0.25) is 0 Å². The van der Waals surface area contributed by atoms with Crippen molar-refractivity contribution in [2.24, 2.45) is 0 Å². The first-order valence-corrected chi connectivity index (χ1v) is 7.11. The van der Waals surface area contributed by atoms with E-state index in [2.05, 4.69) is 15.1 Å². The van der Waals surface area contributed by atoms with Crippen molar-refractivity contribution < 1.29 is 8.78 Å². The maximum absolute atomic E-state index is 13.0. The van der Waals surface area contributed by atoms with Crippen LogP contribution in [0.4, 0.5) is 14.7 Å². The molecule has 0 radical (unpaired) electrons. The Morgan fingerprint density at radius 3 is 2.57 bits per heavy atom. The Morgan fingerprint density at radius 1 is 1.17 bits per heavy atom. The van der Waals surface area contributed by atoms with E-state index >= 15 is 0 Å². The van der Waals surface area contributed by atoms with Crippen LogP contribution in [-0.2, 0) is 6.42 Å². The fourth-order valence-corrected chi connectivity index (χ4v) is 2.44. The molecule has 3 rings (SSSR count). The van der Waals surface area contributed by atoms with Gasteiger partial charge in [0.05, 0.1) is 5.69 Å². The molecule has 0 atom stereocenters. The summed E-state index contributed by atoms with van der Waals surface area (Å²) in [5, 5.41) is 4.05. The second kappa shape index (κ2) is 6.29. The van der Waals surface area contributed by atoms with Gasteiger partial charge in [0.15, 0.2) is 0 Å². The van der Waals surface area contributed by atoms with Crippen molar-refractivity contribution in [2.75, 3.05) is 5.73 Å². The normalized spacial score (nSPS) is 11.1. The topological polar surface area (TPSA) is 69.6 Å². The van der Waals surface area contributed by atoms with Gasteiger partial charge in [-0.15, -0.1) is 0 Å². The summed E-state index contributed by atoms with van der Waals surface area (Å²) in [7, 11) is 0. The predicted octanol–water partition coefficient (Wildman–Crippen LogP) is 3.56. The molecular weight excluding hydrogens is 324 g/mol. The summed E-state index contributed by atoms with van der Waals surface area (Å²) in [6, 6.07) is 10.9. The van der Waals surface area contributed by atoms with Crippen molar-refractivity contribution in [1.29, 1.82) is 0 Å². The highest BCUT2D eigenvalue weighted by Gasteiger charge is 2.18. The van der Waals surface area contributed by atoms with E-state index < -0.39 is 6.55 Å². The number of benzene rings is 1. The van der Waals surface area contributed by atoms with Crippen LogP contribution in [-0.4, -0.2) is 19.7 Å². The molecule has 0 aliphatic rings. The van der Waals surface area contributed by atoms with E-state index in [0.717, 1.165) is 5.56 Å². The van der Waals surface area contributed by atoms with Crippen molar-refractivity contribution in [2.45, 2.75) is 13.0 Å². The molecule has 0 unspecified atom stereocenters. The van der Waals surface area contributed by atoms with Gasteiger partial charge in [-0.1, -0.05) is 41.9 Å². The molecule has 3 aromatic rings. The molecule has 0 spiro atoms. The standard InChI is InChI=1S/C15H12ClF2N5/c16-12-7-11(20-15(19)21-12)13-10(8-23(22-13)14(17)18)6-9-4-2-1-3-5-9/h1-5,7-8,14H,6H2,(H2,19,20,21). The number of hydrogen-bond donors (Lipinski definition) is 1. The summed E-state index contributed by atoms with van der Waals surface area (Å²) in [6.07, 6.45) is 1.74. The minimum absolute atomic E-state index is 0.0373. The molecule has 0 fully saturated rings. The molecule has 0 amide bonds. The second-order valence-electron chi connectivity index (χ2n) is 4.86. The Balaban J connectivity index is 2.07. The number of anilines is 1. The summed E-state index contributed by atoms with van der Waals surface area (Å²) >= 11 is 5.87. The Morgan fingerprint density at radius 2 is 1.91 bits per heavy atom. The van der Waals surface area contributed by atoms with E-state index in [1.165, 1.54) is 12.3 Å². The third-order valence-corrected chi connectivity index (χ3v) is 3.39. The number of aromatic nitrogens is 4.